The summed E-state index contributed by atoms with van der Waals surface area (Å²) in [6, 6.07) is 13.5. The van der Waals surface area contributed by atoms with Gasteiger partial charge < -0.3 is 9.84 Å². The average molecular weight is 518 g/mol. The number of benzene rings is 2. The summed E-state index contributed by atoms with van der Waals surface area (Å²) in [4.78, 5) is 27.8. The van der Waals surface area contributed by atoms with E-state index in [4.69, 9.17) is 16.1 Å². The van der Waals surface area contributed by atoms with Crippen LogP contribution in [0, 0.1) is 20.8 Å². The van der Waals surface area contributed by atoms with E-state index in [2.05, 4.69) is 25.4 Å². The van der Waals surface area contributed by atoms with Crippen LogP contribution in [0.5, 0.6) is 0 Å². The summed E-state index contributed by atoms with van der Waals surface area (Å²) in [6.07, 6.45) is 0.937. The van der Waals surface area contributed by atoms with Crippen molar-refractivity contribution >= 4 is 45.4 Å². The third kappa shape index (κ3) is 5.01. The fraction of sp³-hybridized carbons (Fsp3) is 0.222. The molecule has 182 valence electrons. The second kappa shape index (κ2) is 10.2. The third-order valence-corrected chi connectivity index (χ3v) is 7.27. The number of Topliss-reactive ketones (excluding diaryl/α,β-unsaturated/α-hetero) is 1. The number of thiazole rings is 1. The highest BCUT2D eigenvalue weighted by Gasteiger charge is 2.18. The van der Waals surface area contributed by atoms with Crippen molar-refractivity contribution in [3.63, 3.8) is 0 Å². The number of aromatic nitrogens is 4. The molecule has 3 aromatic heterocycles. The summed E-state index contributed by atoms with van der Waals surface area (Å²) in [5.41, 5.74) is 7.16. The van der Waals surface area contributed by atoms with E-state index < -0.39 is 0 Å². The number of halogens is 1. The van der Waals surface area contributed by atoms with E-state index in [0.29, 0.717) is 35.7 Å². The molecule has 0 spiro atoms. The number of rotatable bonds is 8. The number of carbonyl (C=O) groups excluding carboxylic acids is 1. The number of aryl methyl sites for hydroxylation is 4. The van der Waals surface area contributed by atoms with Gasteiger partial charge >= 0.3 is 0 Å². The van der Waals surface area contributed by atoms with Crippen LogP contribution in [0.1, 0.15) is 44.6 Å². The van der Waals surface area contributed by atoms with Crippen molar-refractivity contribution in [3.8, 4) is 11.1 Å². The molecule has 0 atom stereocenters. The summed E-state index contributed by atoms with van der Waals surface area (Å²) in [7, 11) is 0. The van der Waals surface area contributed by atoms with Crippen molar-refractivity contribution in [2.45, 2.75) is 40.2 Å². The van der Waals surface area contributed by atoms with Crippen LogP contribution < -0.4 is 5.32 Å². The van der Waals surface area contributed by atoms with E-state index in [1.54, 1.807) is 16.8 Å². The van der Waals surface area contributed by atoms with E-state index in [1.807, 2.05) is 63.2 Å². The summed E-state index contributed by atoms with van der Waals surface area (Å²) in [6.45, 7) is 6.26. The molecule has 0 aliphatic heterocycles. The Morgan fingerprint density at radius 1 is 1.08 bits per heavy atom. The first-order valence-corrected chi connectivity index (χ1v) is 12.8. The Hall–Kier alpha value is -3.62. The van der Waals surface area contributed by atoms with Crippen LogP contribution in [0.2, 0.25) is 5.02 Å². The normalized spacial score (nSPS) is 11.2. The Bertz CT molecular complexity index is 1560. The first-order chi connectivity index (χ1) is 17.4. The first kappa shape index (κ1) is 24.1. The number of ketones is 1. The van der Waals surface area contributed by atoms with Crippen molar-refractivity contribution in [1.29, 1.82) is 0 Å². The van der Waals surface area contributed by atoms with Crippen LogP contribution in [0.15, 0.2) is 52.5 Å². The smallest absolute Gasteiger partial charge is 0.200 e. The van der Waals surface area contributed by atoms with Crippen LogP contribution in [0.25, 0.3) is 22.0 Å². The molecule has 0 saturated carbocycles. The van der Waals surface area contributed by atoms with Gasteiger partial charge in [-0.25, -0.2) is 15.0 Å². The molecule has 36 heavy (non-hydrogen) atoms. The Kier molecular flexibility index (Phi) is 6.80. The highest BCUT2D eigenvalue weighted by atomic mass is 35.5. The molecule has 9 heteroatoms. The lowest BCUT2D eigenvalue weighted by Crippen LogP contribution is -2.11. The highest BCUT2D eigenvalue weighted by Crippen LogP contribution is 2.32. The molecule has 0 aliphatic carbocycles. The van der Waals surface area contributed by atoms with Crippen molar-refractivity contribution in [3.05, 3.63) is 86.4 Å². The minimum atomic E-state index is -0.106. The lowest BCUT2D eigenvalue weighted by atomic mass is 10.0. The van der Waals surface area contributed by atoms with E-state index >= 15 is 0 Å². The van der Waals surface area contributed by atoms with Gasteiger partial charge in [0.05, 0.1) is 22.4 Å². The average Bonchev–Trinajstić information content (AvgIpc) is 3.44. The van der Waals surface area contributed by atoms with Crippen LogP contribution in [-0.4, -0.2) is 25.9 Å². The van der Waals surface area contributed by atoms with Crippen molar-refractivity contribution in [1.82, 2.24) is 20.1 Å². The van der Waals surface area contributed by atoms with Gasteiger partial charge in [-0.15, -0.1) is 11.3 Å². The Morgan fingerprint density at radius 2 is 1.94 bits per heavy atom. The molecule has 5 aromatic rings. The summed E-state index contributed by atoms with van der Waals surface area (Å²) < 4.78 is 5.37. The standard InChI is InChI=1S/C27H24ClN5O2S/c1-15-24(36-14-30-15)10-9-23(34)27-31-22-8-7-19(25-16(2)33-35-17(25)3)12-21(22)26(32-27)29-13-18-5-4-6-20(28)11-18/h4-8,11-12,14H,9-10,13H2,1-3H3,(H,29,31,32). The van der Waals surface area contributed by atoms with Crippen molar-refractivity contribution in [2.24, 2.45) is 0 Å². The molecule has 0 fully saturated rings. The van der Waals surface area contributed by atoms with Crippen molar-refractivity contribution < 1.29 is 9.32 Å². The Labute approximate surface area is 217 Å². The van der Waals surface area contributed by atoms with Gasteiger partial charge in [-0.05, 0) is 62.6 Å². The van der Waals surface area contributed by atoms with Crippen LogP contribution in [0.3, 0.4) is 0 Å². The van der Waals surface area contributed by atoms with Gasteiger partial charge in [0.15, 0.2) is 11.6 Å². The van der Waals surface area contributed by atoms with Gasteiger partial charge in [0.25, 0.3) is 0 Å². The maximum atomic E-state index is 13.1. The zero-order valence-electron chi connectivity index (χ0n) is 20.1. The second-order valence-corrected chi connectivity index (χ2v) is 9.97. The minimum Gasteiger partial charge on any atom is -0.365 e. The molecule has 2 aromatic carbocycles. The molecule has 7 nitrogen and oxygen atoms in total. The van der Waals surface area contributed by atoms with Crippen molar-refractivity contribution in [2.75, 3.05) is 5.32 Å². The molecule has 0 radical (unpaired) electrons. The Balaban J connectivity index is 1.52. The summed E-state index contributed by atoms with van der Waals surface area (Å²) in [5, 5.41) is 8.95. The number of carbonyl (C=O) groups is 1. The summed E-state index contributed by atoms with van der Waals surface area (Å²) in [5.74, 6) is 1.42. The maximum absolute atomic E-state index is 13.1. The quantitative estimate of drug-likeness (QED) is 0.227. The molecule has 1 N–H and O–H groups in total. The number of anilines is 1. The van der Waals surface area contributed by atoms with E-state index in [9.17, 15) is 4.79 Å². The minimum absolute atomic E-state index is 0.106. The summed E-state index contributed by atoms with van der Waals surface area (Å²) >= 11 is 7.73. The van der Waals surface area contributed by atoms with Gasteiger partial charge in [0, 0.05) is 33.8 Å². The molecule has 0 unspecified atom stereocenters. The predicted octanol–water partition coefficient (Wildman–Crippen LogP) is 6.75. The maximum Gasteiger partial charge on any atom is 0.200 e. The largest absolute Gasteiger partial charge is 0.365 e. The van der Waals surface area contributed by atoms with E-state index in [-0.39, 0.29) is 11.6 Å². The number of hydrogen-bond donors (Lipinski definition) is 1. The highest BCUT2D eigenvalue weighted by molar-refractivity contribution is 7.09. The monoisotopic (exact) mass is 517 g/mol. The number of nitrogens with one attached hydrogen (secondary N) is 1. The lowest BCUT2D eigenvalue weighted by molar-refractivity contribution is 0.0973. The molecule has 0 bridgehead atoms. The molecular weight excluding hydrogens is 494 g/mol. The molecule has 3 heterocycles. The fourth-order valence-electron chi connectivity index (χ4n) is 4.18. The van der Waals surface area contributed by atoms with Gasteiger partial charge in [-0.1, -0.05) is 35.0 Å². The predicted molar refractivity (Wildman–Crippen MR) is 143 cm³/mol. The molecule has 0 saturated heterocycles. The zero-order chi connectivity index (χ0) is 25.2. The number of fused-ring (bicyclic) bond motifs is 1. The van der Waals surface area contributed by atoms with E-state index in [1.165, 1.54) is 0 Å². The number of nitrogens with zero attached hydrogens (tertiary/aromatic N) is 4. The molecule has 0 aliphatic rings. The Morgan fingerprint density at radius 3 is 2.67 bits per heavy atom. The fourth-order valence-corrected chi connectivity index (χ4v) is 5.17. The SMILES string of the molecule is Cc1ncsc1CCC(=O)c1nc(NCc2cccc(Cl)c2)c2cc(-c3c(C)noc3C)ccc2n1. The molecular formula is C27H24ClN5O2S. The van der Waals surface area contributed by atoms with Gasteiger partial charge in [-0.2, -0.15) is 0 Å². The zero-order valence-corrected chi connectivity index (χ0v) is 21.7. The third-order valence-electron chi connectivity index (χ3n) is 6.04. The first-order valence-electron chi connectivity index (χ1n) is 11.5. The van der Waals surface area contributed by atoms with Gasteiger partial charge in [0.2, 0.25) is 0 Å². The van der Waals surface area contributed by atoms with Gasteiger partial charge in [-0.3, -0.25) is 4.79 Å². The van der Waals surface area contributed by atoms with E-state index in [0.717, 1.165) is 44.1 Å². The van der Waals surface area contributed by atoms with Crippen LogP contribution in [0.4, 0.5) is 5.82 Å². The topological polar surface area (TPSA) is 93.8 Å². The molecule has 5 rings (SSSR count). The molecule has 0 amide bonds. The van der Waals surface area contributed by atoms with Crippen LogP contribution in [-0.2, 0) is 13.0 Å². The second-order valence-electron chi connectivity index (χ2n) is 8.59. The lowest BCUT2D eigenvalue weighted by Gasteiger charge is -2.12. The number of hydrogen-bond acceptors (Lipinski definition) is 8. The van der Waals surface area contributed by atoms with Gasteiger partial charge in [0.1, 0.15) is 11.6 Å². The van der Waals surface area contributed by atoms with Crippen LogP contribution >= 0.6 is 22.9 Å².